The fourth-order valence-corrected chi connectivity index (χ4v) is 5.90. The van der Waals surface area contributed by atoms with Gasteiger partial charge in [-0.1, -0.05) is 39.0 Å². The monoisotopic (exact) mass is 701 g/mol. The molecule has 2 unspecified atom stereocenters. The number of hydrogen-bond donors (Lipinski definition) is 0. The van der Waals surface area contributed by atoms with E-state index in [4.69, 9.17) is 14.2 Å². The molecule has 5 rings (SSSR count). The lowest BCUT2D eigenvalue weighted by molar-refractivity contribution is -0.0681. The number of benzene rings is 1. The highest BCUT2D eigenvalue weighted by molar-refractivity contribution is 6.06. The van der Waals surface area contributed by atoms with Gasteiger partial charge in [0.2, 0.25) is 12.1 Å². The number of aromatic nitrogens is 7. The van der Waals surface area contributed by atoms with Gasteiger partial charge in [0.1, 0.15) is 17.1 Å². The quantitative estimate of drug-likeness (QED) is 0.192. The van der Waals surface area contributed by atoms with Crippen LogP contribution in [0.5, 0.6) is 0 Å². The molecule has 4 heterocycles. The molecule has 0 bridgehead atoms. The maximum atomic E-state index is 14.4. The van der Waals surface area contributed by atoms with Gasteiger partial charge in [-0.25, -0.2) is 14.6 Å². The SMILES string of the molecule is CCOC(=O)OC(n1nnc(-c2c(-c3ccc(C(=O)N(c4ncccc4C)C4CCCN(C(=O)OC(C)(C)C)C4)cc3)cnn2C)n1)C(C)(C)C. The molecule has 272 valence electrons. The Hall–Kier alpha value is -5.34. The number of likely N-dealkylation sites (tertiary alicyclic amines) is 1. The summed E-state index contributed by atoms with van der Waals surface area (Å²) in [4.78, 5) is 48.8. The zero-order valence-electron chi connectivity index (χ0n) is 30.8. The molecule has 0 aliphatic carbocycles. The second-order valence-corrected chi connectivity index (χ2v) is 14.6. The first-order chi connectivity index (χ1) is 24.1. The van der Waals surface area contributed by atoms with Crippen LogP contribution in [0.25, 0.3) is 22.6 Å². The molecule has 1 aliphatic rings. The molecule has 15 nitrogen and oxygen atoms in total. The van der Waals surface area contributed by atoms with E-state index < -0.39 is 29.5 Å². The highest BCUT2D eigenvalue weighted by atomic mass is 16.7. The largest absolute Gasteiger partial charge is 0.510 e. The molecule has 1 aliphatic heterocycles. The molecule has 15 heteroatoms. The molecule has 51 heavy (non-hydrogen) atoms. The first-order valence-electron chi connectivity index (χ1n) is 17.1. The number of pyridine rings is 1. The van der Waals surface area contributed by atoms with Crippen LogP contribution in [0.1, 0.15) is 83.5 Å². The van der Waals surface area contributed by atoms with Crippen LogP contribution in [-0.2, 0) is 21.3 Å². The van der Waals surface area contributed by atoms with E-state index in [0.29, 0.717) is 48.6 Å². The minimum absolute atomic E-state index is 0.169. The van der Waals surface area contributed by atoms with Crippen molar-refractivity contribution in [2.45, 2.75) is 86.1 Å². The van der Waals surface area contributed by atoms with E-state index in [1.165, 1.54) is 4.80 Å². The van der Waals surface area contributed by atoms with E-state index in [0.717, 1.165) is 11.1 Å². The van der Waals surface area contributed by atoms with Gasteiger partial charge in [0, 0.05) is 42.9 Å². The molecule has 1 fully saturated rings. The Labute approximate surface area is 297 Å². The van der Waals surface area contributed by atoms with Crippen molar-refractivity contribution in [2.75, 3.05) is 24.6 Å². The molecule has 3 aromatic heterocycles. The van der Waals surface area contributed by atoms with Crippen LogP contribution < -0.4 is 4.90 Å². The molecule has 1 aromatic carbocycles. The van der Waals surface area contributed by atoms with Gasteiger partial charge in [-0.15, -0.1) is 15.0 Å². The number of aryl methyl sites for hydroxylation is 2. The topological polar surface area (TPSA) is 160 Å². The number of anilines is 1. The second kappa shape index (κ2) is 14.9. The summed E-state index contributed by atoms with van der Waals surface area (Å²) in [6.45, 7) is 15.8. The number of ether oxygens (including phenoxy) is 3. The highest BCUT2D eigenvalue weighted by Crippen LogP contribution is 2.34. The van der Waals surface area contributed by atoms with Crippen LogP contribution in [0.3, 0.4) is 0 Å². The van der Waals surface area contributed by atoms with Gasteiger partial charge in [0.15, 0.2) is 0 Å². The average molecular weight is 702 g/mol. The van der Waals surface area contributed by atoms with Crippen molar-refractivity contribution in [2.24, 2.45) is 12.5 Å². The number of rotatable bonds is 8. The van der Waals surface area contributed by atoms with Crippen LogP contribution in [-0.4, -0.2) is 89.4 Å². The molecule has 0 radical (unpaired) electrons. The summed E-state index contributed by atoms with van der Waals surface area (Å²) in [5, 5.41) is 17.5. The Morgan fingerprint density at radius 3 is 2.43 bits per heavy atom. The van der Waals surface area contributed by atoms with Crippen LogP contribution in [0.4, 0.5) is 15.4 Å². The summed E-state index contributed by atoms with van der Waals surface area (Å²) in [5.41, 5.74) is 2.17. The van der Waals surface area contributed by atoms with E-state index >= 15 is 0 Å². The van der Waals surface area contributed by atoms with Crippen molar-refractivity contribution < 1.29 is 28.6 Å². The van der Waals surface area contributed by atoms with Crippen LogP contribution in [0, 0.1) is 12.3 Å². The third-order valence-electron chi connectivity index (χ3n) is 8.28. The van der Waals surface area contributed by atoms with Gasteiger partial charge in [-0.2, -0.15) is 5.10 Å². The normalized spacial score (nSPS) is 15.6. The fraction of sp³-hybridized carbons (Fsp3) is 0.500. The zero-order valence-corrected chi connectivity index (χ0v) is 30.8. The minimum atomic E-state index is -0.883. The Kier molecular flexibility index (Phi) is 10.8. The average Bonchev–Trinajstić information content (AvgIpc) is 3.70. The van der Waals surface area contributed by atoms with E-state index in [2.05, 4.69) is 25.5 Å². The standard InChI is InChI=1S/C36H47N9O6/c1-10-49-34(48)50-32(35(3,4)5)45-40-29(39-41-45)28-27(21-38-42(28)9)24-15-17-25(18-16-24)31(46)44(30-23(2)13-11-19-37-30)26-14-12-20-43(22-26)33(47)51-36(6,7)8/h11,13,15-19,21,26,32H,10,12,14,20,22H2,1-9H3. The van der Waals surface area contributed by atoms with E-state index in [1.807, 2.05) is 72.7 Å². The highest BCUT2D eigenvalue weighted by Gasteiger charge is 2.36. The Morgan fingerprint density at radius 1 is 1.06 bits per heavy atom. The molecule has 2 amide bonds. The van der Waals surface area contributed by atoms with E-state index in [1.54, 1.807) is 53.0 Å². The Morgan fingerprint density at radius 2 is 1.78 bits per heavy atom. The van der Waals surface area contributed by atoms with Crippen LogP contribution >= 0.6 is 0 Å². The van der Waals surface area contributed by atoms with Gasteiger partial charge < -0.3 is 19.1 Å². The number of tetrazole rings is 1. The lowest BCUT2D eigenvalue weighted by Crippen LogP contribution is -2.53. The number of piperidine rings is 1. The molecular weight excluding hydrogens is 654 g/mol. The summed E-state index contributed by atoms with van der Waals surface area (Å²) in [6, 6.07) is 10.7. The van der Waals surface area contributed by atoms with Gasteiger partial charge in [-0.3, -0.25) is 14.4 Å². The molecule has 0 saturated carbocycles. The van der Waals surface area contributed by atoms with Crippen molar-refractivity contribution in [1.29, 1.82) is 0 Å². The Balaban J connectivity index is 1.43. The number of carbonyl (C=O) groups is 3. The van der Waals surface area contributed by atoms with E-state index in [9.17, 15) is 14.4 Å². The van der Waals surface area contributed by atoms with Crippen molar-refractivity contribution in [3.63, 3.8) is 0 Å². The molecule has 4 aromatic rings. The number of carbonyl (C=O) groups excluding carboxylic acids is 3. The van der Waals surface area contributed by atoms with Crippen molar-refractivity contribution >= 4 is 24.0 Å². The predicted molar refractivity (Wildman–Crippen MR) is 189 cm³/mol. The molecule has 0 spiro atoms. The fourth-order valence-electron chi connectivity index (χ4n) is 5.90. The zero-order chi connectivity index (χ0) is 37.1. The summed E-state index contributed by atoms with van der Waals surface area (Å²) >= 11 is 0. The second-order valence-electron chi connectivity index (χ2n) is 14.6. The first kappa shape index (κ1) is 36.9. The maximum absolute atomic E-state index is 14.4. The first-order valence-corrected chi connectivity index (χ1v) is 17.1. The summed E-state index contributed by atoms with van der Waals surface area (Å²) in [7, 11) is 1.77. The summed E-state index contributed by atoms with van der Waals surface area (Å²) < 4.78 is 17.8. The van der Waals surface area contributed by atoms with Crippen LogP contribution in [0.2, 0.25) is 0 Å². The van der Waals surface area contributed by atoms with Gasteiger partial charge in [0.25, 0.3) is 5.91 Å². The summed E-state index contributed by atoms with van der Waals surface area (Å²) in [6.07, 6.45) is 2.67. The number of hydrogen-bond acceptors (Lipinski definition) is 11. The van der Waals surface area contributed by atoms with Crippen LogP contribution in [0.15, 0.2) is 48.8 Å². The third-order valence-corrected chi connectivity index (χ3v) is 8.28. The van der Waals surface area contributed by atoms with Crippen molar-refractivity contribution in [1.82, 2.24) is 39.9 Å². The molecule has 2 atom stereocenters. The van der Waals surface area contributed by atoms with E-state index in [-0.39, 0.29) is 24.4 Å². The van der Waals surface area contributed by atoms with Crippen molar-refractivity contribution in [3.05, 3.63) is 59.9 Å². The van der Waals surface area contributed by atoms with Gasteiger partial charge >= 0.3 is 12.2 Å². The molecule has 0 N–H and O–H groups in total. The Bertz CT molecular complexity index is 1860. The van der Waals surface area contributed by atoms with Gasteiger partial charge in [-0.05, 0) is 82.0 Å². The molecule has 1 saturated heterocycles. The predicted octanol–water partition coefficient (Wildman–Crippen LogP) is 6.21. The lowest BCUT2D eigenvalue weighted by atomic mass is 9.94. The third kappa shape index (κ3) is 8.52. The smallest absolute Gasteiger partial charge is 0.444 e. The van der Waals surface area contributed by atoms with Crippen molar-refractivity contribution in [3.8, 4) is 22.6 Å². The number of nitrogens with zero attached hydrogens (tertiary/aromatic N) is 9. The summed E-state index contributed by atoms with van der Waals surface area (Å²) in [5.74, 6) is 0.590. The number of amides is 2. The maximum Gasteiger partial charge on any atom is 0.510 e. The lowest BCUT2D eigenvalue weighted by Gasteiger charge is -2.39. The molecular formula is C36H47N9O6. The minimum Gasteiger partial charge on any atom is -0.444 e. The van der Waals surface area contributed by atoms with Gasteiger partial charge in [0.05, 0.1) is 18.8 Å².